The van der Waals surface area contributed by atoms with Gasteiger partial charge in [0, 0.05) is 12.0 Å². The van der Waals surface area contributed by atoms with Crippen LogP contribution in [-0.4, -0.2) is 11.3 Å². The molecule has 0 saturated heterocycles. The molecular weight excluding hydrogens is 217 g/mol. The highest BCUT2D eigenvalue weighted by Crippen LogP contribution is 2.33. The highest BCUT2D eigenvalue weighted by molar-refractivity contribution is 5.98. The molecule has 1 aromatic rings. The molecule has 1 fully saturated rings. The Morgan fingerprint density at radius 3 is 2.53 bits per heavy atom. The molecule has 1 aliphatic carbocycles. The maximum Gasteiger partial charge on any atom is 0.167 e. The van der Waals surface area contributed by atoms with Crippen LogP contribution in [0, 0.1) is 19.7 Å². The Hall–Kier alpha value is -1.22. The lowest BCUT2D eigenvalue weighted by molar-refractivity contribution is 0.0907. The van der Waals surface area contributed by atoms with Gasteiger partial charge in [0.05, 0.1) is 5.56 Å². The first-order chi connectivity index (χ1) is 7.91. The van der Waals surface area contributed by atoms with Gasteiger partial charge >= 0.3 is 0 Å². The molecule has 17 heavy (non-hydrogen) atoms. The normalized spacial score (nSPS) is 17.6. The first-order valence-corrected chi connectivity index (χ1v) is 6.00. The van der Waals surface area contributed by atoms with Crippen molar-refractivity contribution in [3.63, 3.8) is 0 Å². The SMILES string of the molecule is Cc1cc(C)c(C(=O)CC2(N)CCC2)c(F)c1. The van der Waals surface area contributed by atoms with Gasteiger partial charge in [-0.15, -0.1) is 0 Å². The van der Waals surface area contributed by atoms with Crippen LogP contribution >= 0.6 is 0 Å². The molecule has 0 atom stereocenters. The van der Waals surface area contributed by atoms with Crippen LogP contribution in [0.2, 0.25) is 0 Å². The van der Waals surface area contributed by atoms with E-state index in [0.717, 1.165) is 24.8 Å². The van der Waals surface area contributed by atoms with Gasteiger partial charge in [-0.1, -0.05) is 6.07 Å². The van der Waals surface area contributed by atoms with Crippen molar-refractivity contribution < 1.29 is 9.18 Å². The van der Waals surface area contributed by atoms with Crippen LogP contribution in [-0.2, 0) is 0 Å². The third kappa shape index (κ3) is 2.39. The summed E-state index contributed by atoms with van der Waals surface area (Å²) < 4.78 is 13.8. The summed E-state index contributed by atoms with van der Waals surface area (Å²) in [6, 6.07) is 3.24. The van der Waals surface area contributed by atoms with Crippen molar-refractivity contribution in [2.75, 3.05) is 0 Å². The quantitative estimate of drug-likeness (QED) is 0.818. The highest BCUT2D eigenvalue weighted by Gasteiger charge is 2.35. The summed E-state index contributed by atoms with van der Waals surface area (Å²) in [6.07, 6.45) is 3.06. The molecule has 92 valence electrons. The van der Waals surface area contributed by atoms with Crippen molar-refractivity contribution in [1.82, 2.24) is 0 Å². The van der Waals surface area contributed by atoms with E-state index < -0.39 is 5.82 Å². The Morgan fingerprint density at radius 2 is 2.06 bits per heavy atom. The molecule has 0 radical (unpaired) electrons. The van der Waals surface area contributed by atoms with Gasteiger partial charge in [-0.05, 0) is 50.3 Å². The number of carbonyl (C=O) groups is 1. The molecule has 3 heteroatoms. The van der Waals surface area contributed by atoms with Gasteiger partial charge in [0.25, 0.3) is 0 Å². The van der Waals surface area contributed by atoms with E-state index in [2.05, 4.69) is 0 Å². The molecule has 2 nitrogen and oxygen atoms in total. The molecule has 0 aliphatic heterocycles. The zero-order valence-electron chi connectivity index (χ0n) is 10.3. The molecule has 0 amide bonds. The molecule has 1 saturated carbocycles. The van der Waals surface area contributed by atoms with Gasteiger partial charge in [0.15, 0.2) is 5.78 Å². The summed E-state index contributed by atoms with van der Waals surface area (Å²) >= 11 is 0. The second kappa shape index (κ2) is 4.22. The molecular formula is C14H18FNO. The number of benzene rings is 1. The van der Waals surface area contributed by atoms with Crippen molar-refractivity contribution in [2.24, 2.45) is 5.73 Å². The first-order valence-electron chi connectivity index (χ1n) is 6.00. The highest BCUT2D eigenvalue weighted by atomic mass is 19.1. The number of halogens is 1. The van der Waals surface area contributed by atoms with Crippen molar-refractivity contribution in [3.05, 3.63) is 34.6 Å². The molecule has 0 spiro atoms. The second-order valence-electron chi connectivity index (χ2n) is 5.25. The predicted molar refractivity (Wildman–Crippen MR) is 65.6 cm³/mol. The standard InChI is InChI=1S/C14H18FNO/c1-9-6-10(2)13(11(15)7-9)12(17)8-14(16)4-3-5-14/h6-7H,3-5,8,16H2,1-2H3. The maximum absolute atomic E-state index is 13.8. The minimum absolute atomic E-state index is 0.165. The number of ketones is 1. The Balaban J connectivity index is 2.25. The summed E-state index contributed by atoms with van der Waals surface area (Å²) in [6.45, 7) is 3.59. The number of rotatable bonds is 3. The van der Waals surface area contributed by atoms with Gasteiger partial charge in [0.2, 0.25) is 0 Å². The fourth-order valence-corrected chi connectivity index (χ4v) is 2.48. The van der Waals surface area contributed by atoms with E-state index in [1.54, 1.807) is 6.92 Å². The number of aryl methyl sites for hydroxylation is 2. The monoisotopic (exact) mass is 235 g/mol. The van der Waals surface area contributed by atoms with E-state index in [1.165, 1.54) is 6.07 Å². The summed E-state index contributed by atoms with van der Waals surface area (Å²) in [4.78, 5) is 12.1. The van der Waals surface area contributed by atoms with Gasteiger partial charge in [-0.3, -0.25) is 4.79 Å². The molecule has 0 bridgehead atoms. The van der Waals surface area contributed by atoms with Gasteiger partial charge in [0.1, 0.15) is 5.82 Å². The lowest BCUT2D eigenvalue weighted by atomic mass is 9.73. The van der Waals surface area contributed by atoms with Crippen LogP contribution in [0.3, 0.4) is 0 Å². The third-order valence-corrected chi connectivity index (χ3v) is 3.57. The van der Waals surface area contributed by atoms with E-state index in [1.807, 2.05) is 13.0 Å². The predicted octanol–water partition coefficient (Wildman–Crippen LogP) is 2.90. The molecule has 0 heterocycles. The van der Waals surface area contributed by atoms with Crippen LogP contribution in [0.25, 0.3) is 0 Å². The van der Waals surface area contributed by atoms with Crippen molar-refractivity contribution in [1.29, 1.82) is 0 Å². The third-order valence-electron chi connectivity index (χ3n) is 3.57. The van der Waals surface area contributed by atoms with E-state index >= 15 is 0 Å². The zero-order valence-corrected chi connectivity index (χ0v) is 10.3. The maximum atomic E-state index is 13.8. The Kier molecular flexibility index (Phi) is 3.04. The number of carbonyl (C=O) groups excluding carboxylic acids is 1. The van der Waals surface area contributed by atoms with Crippen LogP contribution < -0.4 is 5.73 Å². The second-order valence-corrected chi connectivity index (χ2v) is 5.25. The summed E-state index contributed by atoms with van der Waals surface area (Å²) in [7, 11) is 0. The van der Waals surface area contributed by atoms with Crippen LogP contribution in [0.5, 0.6) is 0 Å². The first kappa shape index (κ1) is 12.2. The van der Waals surface area contributed by atoms with E-state index in [0.29, 0.717) is 5.56 Å². The van der Waals surface area contributed by atoms with E-state index in [4.69, 9.17) is 5.73 Å². The average molecular weight is 235 g/mol. The minimum atomic E-state index is -0.421. The topological polar surface area (TPSA) is 43.1 Å². The van der Waals surface area contributed by atoms with Crippen LogP contribution in [0.15, 0.2) is 12.1 Å². The lowest BCUT2D eigenvalue weighted by Gasteiger charge is -2.37. The Labute approximate surface area is 101 Å². The fourth-order valence-electron chi connectivity index (χ4n) is 2.48. The summed E-state index contributed by atoms with van der Waals surface area (Å²) in [5.74, 6) is -0.586. The number of hydrogen-bond donors (Lipinski definition) is 1. The molecule has 0 unspecified atom stereocenters. The van der Waals surface area contributed by atoms with Gasteiger partial charge in [-0.25, -0.2) is 4.39 Å². The number of nitrogens with two attached hydrogens (primary N) is 1. The van der Waals surface area contributed by atoms with E-state index in [-0.39, 0.29) is 23.3 Å². The number of Topliss-reactive ketones (excluding diaryl/α,β-unsaturated/α-hetero) is 1. The minimum Gasteiger partial charge on any atom is -0.325 e. The Morgan fingerprint density at radius 1 is 1.41 bits per heavy atom. The van der Waals surface area contributed by atoms with Crippen molar-refractivity contribution in [2.45, 2.75) is 45.1 Å². The summed E-state index contributed by atoms with van der Waals surface area (Å²) in [5.41, 5.74) is 7.39. The lowest BCUT2D eigenvalue weighted by Crippen LogP contribution is -2.48. The zero-order chi connectivity index (χ0) is 12.6. The van der Waals surface area contributed by atoms with Crippen LogP contribution in [0.4, 0.5) is 4.39 Å². The largest absolute Gasteiger partial charge is 0.325 e. The van der Waals surface area contributed by atoms with Crippen LogP contribution in [0.1, 0.15) is 47.2 Å². The number of hydrogen-bond acceptors (Lipinski definition) is 2. The molecule has 0 aromatic heterocycles. The Bertz CT molecular complexity index is 440. The van der Waals surface area contributed by atoms with Gasteiger partial charge in [-0.2, -0.15) is 0 Å². The molecule has 1 aromatic carbocycles. The smallest absolute Gasteiger partial charge is 0.167 e. The molecule has 2 rings (SSSR count). The summed E-state index contributed by atoms with van der Waals surface area (Å²) in [5, 5.41) is 0. The van der Waals surface area contributed by atoms with Crippen molar-refractivity contribution >= 4 is 5.78 Å². The molecule has 1 aliphatic rings. The van der Waals surface area contributed by atoms with Crippen molar-refractivity contribution in [3.8, 4) is 0 Å². The fraction of sp³-hybridized carbons (Fsp3) is 0.500. The van der Waals surface area contributed by atoms with Gasteiger partial charge < -0.3 is 5.73 Å². The molecule has 2 N–H and O–H groups in total. The van der Waals surface area contributed by atoms with E-state index in [9.17, 15) is 9.18 Å². The average Bonchev–Trinajstić information content (AvgIpc) is 2.13.